The van der Waals surface area contributed by atoms with E-state index in [1.54, 1.807) is 0 Å². The minimum atomic E-state index is -1.47. The van der Waals surface area contributed by atoms with Crippen LogP contribution in [-0.2, 0) is 14.4 Å². The molecule has 4 N–H and O–H groups in total. The van der Waals surface area contributed by atoms with Crippen LogP contribution in [0.25, 0.3) is 0 Å². The number of carboxylic acids is 1. The summed E-state index contributed by atoms with van der Waals surface area (Å²) in [5.74, 6) is -2.70. The van der Waals surface area contributed by atoms with E-state index in [1.807, 2.05) is 10.6 Å². The van der Waals surface area contributed by atoms with Gasteiger partial charge in [0.25, 0.3) is 0 Å². The van der Waals surface area contributed by atoms with Crippen molar-refractivity contribution < 1.29 is 29.4 Å². The lowest BCUT2D eigenvalue weighted by Crippen LogP contribution is -2.58. The summed E-state index contributed by atoms with van der Waals surface area (Å²) >= 11 is 0. The van der Waals surface area contributed by atoms with Gasteiger partial charge in [0, 0.05) is 0 Å². The van der Waals surface area contributed by atoms with E-state index in [2.05, 4.69) is 0 Å². The van der Waals surface area contributed by atoms with Crippen LogP contribution in [0.3, 0.4) is 0 Å². The smallest absolute Gasteiger partial charge is 0.328 e. The monoisotopic (exact) mass is 245 g/mol. The van der Waals surface area contributed by atoms with Gasteiger partial charge in [0.15, 0.2) is 6.04 Å². The Hall–Kier alpha value is -2.16. The molecule has 0 aromatic heterocycles. The fraction of sp³-hybridized carbons (Fsp3) is 0.500. The molecule has 0 aliphatic carbocycles. The third kappa shape index (κ3) is 3.41. The average Bonchev–Trinajstić information content (AvgIpc) is 2.23. The first kappa shape index (κ1) is 12.9. The van der Waals surface area contributed by atoms with Crippen molar-refractivity contribution in [3.05, 3.63) is 0 Å². The molecular weight excluding hydrogens is 234 g/mol. The summed E-state index contributed by atoms with van der Waals surface area (Å²) in [5.41, 5.74) is 0. The quantitative estimate of drug-likeness (QED) is 0.394. The lowest BCUT2D eigenvalue weighted by molar-refractivity contribution is -0.140. The SMILES string of the molecule is O=C1CN(C(=O)N[C@H](CO)C(=O)O)CC(=O)N1. The maximum absolute atomic E-state index is 11.5. The Kier molecular flexibility index (Phi) is 3.99. The maximum Gasteiger partial charge on any atom is 0.328 e. The van der Waals surface area contributed by atoms with E-state index in [9.17, 15) is 19.2 Å². The molecule has 1 saturated heterocycles. The number of urea groups is 1. The fourth-order valence-corrected chi connectivity index (χ4v) is 1.21. The van der Waals surface area contributed by atoms with E-state index in [-0.39, 0.29) is 13.1 Å². The zero-order chi connectivity index (χ0) is 13.0. The molecular formula is C8H11N3O6. The zero-order valence-electron chi connectivity index (χ0n) is 8.67. The molecule has 1 fully saturated rings. The topological polar surface area (TPSA) is 136 Å². The highest BCUT2D eigenvalue weighted by molar-refractivity contribution is 6.02. The molecule has 0 aromatic carbocycles. The fourth-order valence-electron chi connectivity index (χ4n) is 1.21. The molecule has 1 rings (SSSR count). The van der Waals surface area contributed by atoms with Gasteiger partial charge < -0.3 is 20.4 Å². The van der Waals surface area contributed by atoms with Crippen LogP contribution in [-0.4, -0.2) is 64.7 Å². The number of hydrogen-bond donors (Lipinski definition) is 4. The number of hydrogen-bond acceptors (Lipinski definition) is 5. The van der Waals surface area contributed by atoms with Crippen molar-refractivity contribution in [2.24, 2.45) is 0 Å². The molecule has 9 heteroatoms. The van der Waals surface area contributed by atoms with Crippen LogP contribution in [0.1, 0.15) is 0 Å². The number of carboxylic acid groups (broad SMARTS) is 1. The Morgan fingerprint density at radius 2 is 1.88 bits per heavy atom. The molecule has 9 nitrogen and oxygen atoms in total. The van der Waals surface area contributed by atoms with Gasteiger partial charge in [0.2, 0.25) is 11.8 Å². The molecule has 0 spiro atoms. The molecule has 1 aliphatic heterocycles. The predicted molar refractivity (Wildman–Crippen MR) is 51.8 cm³/mol. The van der Waals surface area contributed by atoms with E-state index in [0.29, 0.717) is 0 Å². The van der Waals surface area contributed by atoms with Crippen LogP contribution in [0.4, 0.5) is 4.79 Å². The van der Waals surface area contributed by atoms with Crippen LogP contribution < -0.4 is 10.6 Å². The second-order valence-corrected chi connectivity index (χ2v) is 3.35. The number of nitrogens with one attached hydrogen (secondary N) is 2. The minimum Gasteiger partial charge on any atom is -0.480 e. The van der Waals surface area contributed by atoms with Gasteiger partial charge in [-0.15, -0.1) is 0 Å². The molecule has 4 amide bonds. The summed E-state index contributed by atoms with van der Waals surface area (Å²) in [6, 6.07) is -2.36. The Labute approximate surface area is 95.4 Å². The van der Waals surface area contributed by atoms with Crippen molar-refractivity contribution in [3.63, 3.8) is 0 Å². The third-order valence-electron chi connectivity index (χ3n) is 2.01. The standard InChI is InChI=1S/C8H11N3O6/c12-3-4(7(15)16)9-8(17)11-1-5(13)10-6(14)2-11/h4,12H,1-3H2,(H,9,17)(H,15,16)(H,10,13,14)/t4-/m1/s1. The lowest BCUT2D eigenvalue weighted by atomic mass is 10.3. The van der Waals surface area contributed by atoms with E-state index >= 15 is 0 Å². The van der Waals surface area contributed by atoms with Crippen LogP contribution in [0, 0.1) is 0 Å². The molecule has 1 heterocycles. The van der Waals surface area contributed by atoms with Gasteiger partial charge in [-0.05, 0) is 0 Å². The Bertz CT molecular complexity index is 352. The normalized spacial score (nSPS) is 17.4. The van der Waals surface area contributed by atoms with E-state index in [0.717, 1.165) is 4.90 Å². The van der Waals surface area contributed by atoms with Gasteiger partial charge in [0.05, 0.1) is 6.61 Å². The molecule has 0 radical (unpaired) electrons. The molecule has 0 aromatic rings. The second kappa shape index (κ2) is 5.25. The summed E-state index contributed by atoms with van der Waals surface area (Å²) in [4.78, 5) is 44.8. The number of imide groups is 1. The largest absolute Gasteiger partial charge is 0.480 e. The van der Waals surface area contributed by atoms with Crippen LogP contribution in [0.5, 0.6) is 0 Å². The molecule has 17 heavy (non-hydrogen) atoms. The van der Waals surface area contributed by atoms with Crippen LogP contribution in [0.2, 0.25) is 0 Å². The first-order valence-electron chi connectivity index (χ1n) is 4.66. The lowest BCUT2D eigenvalue weighted by Gasteiger charge is -2.26. The Morgan fingerprint density at radius 3 is 2.29 bits per heavy atom. The van der Waals surface area contributed by atoms with E-state index in [1.165, 1.54) is 0 Å². The van der Waals surface area contributed by atoms with Gasteiger partial charge in [-0.3, -0.25) is 14.9 Å². The maximum atomic E-state index is 11.5. The first-order chi connectivity index (χ1) is 7.93. The van der Waals surface area contributed by atoms with Gasteiger partial charge >= 0.3 is 12.0 Å². The number of piperazine rings is 1. The van der Waals surface area contributed by atoms with Crippen LogP contribution in [0.15, 0.2) is 0 Å². The van der Waals surface area contributed by atoms with Crippen molar-refractivity contribution in [2.45, 2.75) is 6.04 Å². The van der Waals surface area contributed by atoms with Crippen molar-refractivity contribution >= 4 is 23.8 Å². The van der Waals surface area contributed by atoms with Crippen molar-refractivity contribution in [3.8, 4) is 0 Å². The number of aliphatic hydroxyl groups is 1. The van der Waals surface area contributed by atoms with Crippen molar-refractivity contribution in [2.75, 3.05) is 19.7 Å². The zero-order valence-corrected chi connectivity index (χ0v) is 8.67. The van der Waals surface area contributed by atoms with Crippen molar-refractivity contribution in [1.82, 2.24) is 15.5 Å². The summed E-state index contributed by atoms with van der Waals surface area (Å²) in [7, 11) is 0. The summed E-state index contributed by atoms with van der Waals surface area (Å²) in [6.07, 6.45) is 0. The molecule has 0 bridgehead atoms. The highest BCUT2D eigenvalue weighted by Crippen LogP contribution is 1.96. The number of rotatable bonds is 3. The van der Waals surface area contributed by atoms with E-state index in [4.69, 9.17) is 10.2 Å². The average molecular weight is 245 g/mol. The molecule has 1 aliphatic rings. The van der Waals surface area contributed by atoms with Crippen molar-refractivity contribution in [1.29, 1.82) is 0 Å². The molecule has 0 saturated carbocycles. The number of carbonyl (C=O) groups is 4. The van der Waals surface area contributed by atoms with Gasteiger partial charge in [-0.2, -0.15) is 0 Å². The summed E-state index contributed by atoms with van der Waals surface area (Å²) in [6.45, 7) is -1.46. The predicted octanol–water partition coefficient (Wildman–Crippen LogP) is -2.90. The number of amides is 4. The Balaban J connectivity index is 2.60. The van der Waals surface area contributed by atoms with Gasteiger partial charge in [-0.1, -0.05) is 0 Å². The van der Waals surface area contributed by atoms with Crippen LogP contribution >= 0.6 is 0 Å². The molecule has 94 valence electrons. The molecule has 1 atom stereocenters. The summed E-state index contributed by atoms with van der Waals surface area (Å²) in [5, 5.41) is 21.2. The minimum absolute atomic E-state index is 0.338. The highest BCUT2D eigenvalue weighted by Gasteiger charge is 2.28. The highest BCUT2D eigenvalue weighted by atomic mass is 16.4. The number of carbonyl (C=O) groups excluding carboxylic acids is 3. The number of nitrogens with zero attached hydrogens (tertiary/aromatic N) is 1. The number of aliphatic hydroxyl groups excluding tert-OH is 1. The number of aliphatic carboxylic acids is 1. The molecule has 0 unspecified atom stereocenters. The second-order valence-electron chi connectivity index (χ2n) is 3.35. The van der Waals surface area contributed by atoms with E-state index < -0.39 is 36.5 Å². The van der Waals surface area contributed by atoms with Gasteiger partial charge in [-0.25, -0.2) is 9.59 Å². The summed E-state index contributed by atoms with van der Waals surface area (Å²) < 4.78 is 0. The van der Waals surface area contributed by atoms with Gasteiger partial charge in [0.1, 0.15) is 13.1 Å². The third-order valence-corrected chi connectivity index (χ3v) is 2.01. The Morgan fingerprint density at radius 1 is 1.35 bits per heavy atom. The first-order valence-corrected chi connectivity index (χ1v) is 4.66.